The summed E-state index contributed by atoms with van der Waals surface area (Å²) in [7, 11) is 3.74. The lowest BCUT2D eigenvalue weighted by Gasteiger charge is -2.12. The fourth-order valence-corrected chi connectivity index (χ4v) is 1.54. The van der Waals surface area contributed by atoms with E-state index in [2.05, 4.69) is 10.2 Å². The molecule has 7 nitrogen and oxygen atoms in total. The van der Waals surface area contributed by atoms with Crippen LogP contribution in [0.25, 0.3) is 0 Å². The molecule has 0 aliphatic rings. The van der Waals surface area contributed by atoms with Gasteiger partial charge >= 0.3 is 0 Å². The van der Waals surface area contributed by atoms with E-state index < -0.39 is 0 Å². The van der Waals surface area contributed by atoms with E-state index in [-0.39, 0.29) is 5.56 Å². The largest absolute Gasteiger partial charge is 0.382 e. The zero-order valence-electron chi connectivity index (χ0n) is 10.4. The molecule has 0 bridgehead atoms. The van der Waals surface area contributed by atoms with Crippen molar-refractivity contribution < 1.29 is 0 Å². The van der Waals surface area contributed by atoms with Gasteiger partial charge in [0.25, 0.3) is 5.56 Å². The minimum atomic E-state index is -0.124. The van der Waals surface area contributed by atoms with Crippen LogP contribution in [0.2, 0.25) is 0 Å². The fraction of sp³-hybridized carbons (Fsp3) is 0.364. The van der Waals surface area contributed by atoms with Gasteiger partial charge in [-0.05, 0) is 6.07 Å². The van der Waals surface area contributed by atoms with Crippen LogP contribution in [-0.2, 0) is 13.1 Å². The first-order valence-electron chi connectivity index (χ1n) is 5.59. The highest BCUT2D eigenvalue weighted by molar-refractivity contribution is 5.40. The van der Waals surface area contributed by atoms with Crippen molar-refractivity contribution in [2.24, 2.45) is 0 Å². The molecule has 96 valence electrons. The van der Waals surface area contributed by atoms with E-state index in [0.717, 1.165) is 5.69 Å². The Morgan fingerprint density at radius 2 is 2.17 bits per heavy atom. The summed E-state index contributed by atoms with van der Waals surface area (Å²) in [4.78, 5) is 13.6. The summed E-state index contributed by atoms with van der Waals surface area (Å²) in [5.74, 6) is 0.471. The molecule has 0 radical (unpaired) electrons. The Labute approximate surface area is 104 Å². The Balaban J connectivity index is 2.08. The second-order valence-corrected chi connectivity index (χ2v) is 4.17. The van der Waals surface area contributed by atoms with E-state index in [0.29, 0.717) is 18.9 Å². The molecule has 7 heteroatoms. The van der Waals surface area contributed by atoms with Crippen LogP contribution in [0.3, 0.4) is 0 Å². The standard InChI is InChI=1S/C11H16N6O/c1-15(2)9-7-11(18)17(13-8-9)6-5-16-4-3-10(12)14-16/h3-4,7-8H,5-6H2,1-2H3,(H2,12,14). The lowest BCUT2D eigenvalue weighted by Crippen LogP contribution is -2.26. The van der Waals surface area contributed by atoms with Crippen LogP contribution in [0.5, 0.6) is 0 Å². The Hall–Kier alpha value is -2.31. The molecule has 0 atom stereocenters. The number of nitrogen functional groups attached to an aromatic ring is 1. The molecule has 0 saturated heterocycles. The lowest BCUT2D eigenvalue weighted by molar-refractivity contribution is 0.483. The van der Waals surface area contributed by atoms with Crippen LogP contribution < -0.4 is 16.2 Å². The Morgan fingerprint density at radius 3 is 2.72 bits per heavy atom. The monoisotopic (exact) mass is 248 g/mol. The zero-order valence-corrected chi connectivity index (χ0v) is 10.4. The Kier molecular flexibility index (Phi) is 3.31. The summed E-state index contributed by atoms with van der Waals surface area (Å²) in [5, 5.41) is 8.16. The Morgan fingerprint density at radius 1 is 1.39 bits per heavy atom. The third-order valence-electron chi connectivity index (χ3n) is 2.57. The van der Waals surface area contributed by atoms with Gasteiger partial charge in [-0.25, -0.2) is 4.68 Å². The predicted octanol–water partition coefficient (Wildman–Crippen LogP) is -0.212. The molecule has 0 unspecified atom stereocenters. The first-order valence-corrected chi connectivity index (χ1v) is 5.59. The summed E-state index contributed by atoms with van der Waals surface area (Å²) in [6.45, 7) is 1.03. The smallest absolute Gasteiger partial charge is 0.268 e. The molecule has 0 spiro atoms. The molecule has 0 aliphatic carbocycles. The maximum absolute atomic E-state index is 11.8. The molecule has 2 N–H and O–H groups in total. The van der Waals surface area contributed by atoms with Gasteiger partial charge in [-0.1, -0.05) is 0 Å². The van der Waals surface area contributed by atoms with Gasteiger partial charge in [0.2, 0.25) is 0 Å². The van der Waals surface area contributed by atoms with Crippen molar-refractivity contribution in [2.75, 3.05) is 24.7 Å². The summed E-state index contributed by atoms with van der Waals surface area (Å²) in [6.07, 6.45) is 3.44. The molecule has 2 heterocycles. The highest BCUT2D eigenvalue weighted by atomic mass is 16.1. The van der Waals surface area contributed by atoms with Gasteiger partial charge in [-0.15, -0.1) is 0 Å². The van der Waals surface area contributed by atoms with Crippen LogP contribution >= 0.6 is 0 Å². The average molecular weight is 248 g/mol. The molecule has 2 rings (SSSR count). The number of aromatic nitrogens is 4. The van der Waals surface area contributed by atoms with Gasteiger partial charge < -0.3 is 10.6 Å². The van der Waals surface area contributed by atoms with Crippen molar-refractivity contribution in [2.45, 2.75) is 13.1 Å². The Bertz CT molecular complexity index is 585. The number of anilines is 2. The first kappa shape index (κ1) is 12.2. The van der Waals surface area contributed by atoms with Crippen LogP contribution in [0.15, 0.2) is 29.3 Å². The van der Waals surface area contributed by atoms with Crippen molar-refractivity contribution in [3.63, 3.8) is 0 Å². The van der Waals surface area contributed by atoms with E-state index in [1.165, 1.54) is 4.68 Å². The maximum atomic E-state index is 11.8. The maximum Gasteiger partial charge on any atom is 0.268 e. The molecule has 0 aromatic carbocycles. The van der Waals surface area contributed by atoms with E-state index in [1.54, 1.807) is 29.2 Å². The molecular weight excluding hydrogens is 232 g/mol. The minimum Gasteiger partial charge on any atom is -0.382 e. The third-order valence-corrected chi connectivity index (χ3v) is 2.57. The minimum absolute atomic E-state index is 0.124. The number of hydrogen-bond acceptors (Lipinski definition) is 5. The van der Waals surface area contributed by atoms with Crippen molar-refractivity contribution in [1.29, 1.82) is 0 Å². The molecule has 0 saturated carbocycles. The average Bonchev–Trinajstić information content (AvgIpc) is 2.73. The summed E-state index contributed by atoms with van der Waals surface area (Å²) in [6, 6.07) is 3.27. The molecule has 0 aliphatic heterocycles. The number of hydrogen-bond donors (Lipinski definition) is 1. The van der Waals surface area contributed by atoms with E-state index in [9.17, 15) is 4.79 Å². The molecule has 2 aromatic heterocycles. The quantitative estimate of drug-likeness (QED) is 0.809. The second kappa shape index (κ2) is 4.91. The van der Waals surface area contributed by atoms with Crippen LogP contribution in [0.4, 0.5) is 11.5 Å². The number of nitrogens with two attached hydrogens (primary N) is 1. The van der Waals surface area contributed by atoms with E-state index >= 15 is 0 Å². The number of nitrogens with zero attached hydrogens (tertiary/aromatic N) is 5. The molecule has 2 aromatic rings. The molecule has 0 amide bonds. The van der Waals surface area contributed by atoms with Crippen molar-refractivity contribution in [3.8, 4) is 0 Å². The summed E-state index contributed by atoms with van der Waals surface area (Å²) >= 11 is 0. The van der Waals surface area contributed by atoms with Crippen molar-refractivity contribution in [1.82, 2.24) is 19.6 Å². The molecular formula is C11H16N6O. The van der Waals surface area contributed by atoms with Gasteiger partial charge in [0.05, 0.1) is 25.0 Å². The number of aryl methyl sites for hydroxylation is 2. The van der Waals surface area contributed by atoms with Crippen LogP contribution in [0.1, 0.15) is 0 Å². The normalized spacial score (nSPS) is 10.6. The van der Waals surface area contributed by atoms with Gasteiger partial charge in [0.15, 0.2) is 0 Å². The zero-order chi connectivity index (χ0) is 13.1. The summed E-state index contributed by atoms with van der Waals surface area (Å²) in [5.41, 5.74) is 6.18. The SMILES string of the molecule is CN(C)c1cnn(CCn2ccc(N)n2)c(=O)c1. The molecule has 0 fully saturated rings. The third kappa shape index (κ3) is 2.68. The van der Waals surface area contributed by atoms with Crippen molar-refractivity contribution >= 4 is 11.5 Å². The highest BCUT2D eigenvalue weighted by Gasteiger charge is 2.02. The molecule has 18 heavy (non-hydrogen) atoms. The van der Waals surface area contributed by atoms with Crippen LogP contribution in [-0.4, -0.2) is 33.7 Å². The predicted molar refractivity (Wildman–Crippen MR) is 69.5 cm³/mol. The topological polar surface area (TPSA) is 82.0 Å². The lowest BCUT2D eigenvalue weighted by atomic mass is 10.4. The van der Waals surface area contributed by atoms with Crippen molar-refractivity contribution in [3.05, 3.63) is 34.9 Å². The van der Waals surface area contributed by atoms with Gasteiger partial charge in [0, 0.05) is 26.4 Å². The van der Waals surface area contributed by atoms with Gasteiger partial charge in [-0.3, -0.25) is 9.48 Å². The highest BCUT2D eigenvalue weighted by Crippen LogP contribution is 2.03. The second-order valence-electron chi connectivity index (χ2n) is 4.17. The fourth-order valence-electron chi connectivity index (χ4n) is 1.54. The van der Waals surface area contributed by atoms with Gasteiger partial charge in [-0.2, -0.15) is 10.2 Å². The van der Waals surface area contributed by atoms with E-state index in [1.807, 2.05) is 19.0 Å². The van der Waals surface area contributed by atoms with Gasteiger partial charge in [0.1, 0.15) is 5.82 Å². The van der Waals surface area contributed by atoms with E-state index in [4.69, 9.17) is 5.73 Å². The number of rotatable bonds is 4. The van der Waals surface area contributed by atoms with Crippen LogP contribution in [0, 0.1) is 0 Å². The first-order chi connectivity index (χ1) is 8.56. The summed E-state index contributed by atoms with van der Waals surface area (Å²) < 4.78 is 3.09.